The zero-order chi connectivity index (χ0) is 18.2. The van der Waals surface area contributed by atoms with E-state index in [2.05, 4.69) is 5.32 Å². The number of amides is 1. The van der Waals surface area contributed by atoms with Gasteiger partial charge in [0.1, 0.15) is 11.8 Å². The molecule has 3 N–H and O–H groups in total. The average molecular weight is 361 g/mol. The monoisotopic (exact) mass is 361 g/mol. The lowest BCUT2D eigenvalue weighted by atomic mass is 10.1. The summed E-state index contributed by atoms with van der Waals surface area (Å²) < 4.78 is 39.6. The highest BCUT2D eigenvalue weighted by molar-refractivity contribution is 7.85. The van der Waals surface area contributed by atoms with Crippen LogP contribution < -0.4 is 10.1 Å². The summed E-state index contributed by atoms with van der Waals surface area (Å²) in [5, 5.41) is 12.3. The van der Waals surface area contributed by atoms with Gasteiger partial charge < -0.3 is 19.9 Å². The second-order valence-electron chi connectivity index (χ2n) is 4.69. The molecule has 1 rings (SSSR count). The summed E-state index contributed by atoms with van der Waals surface area (Å²) in [5.74, 6) is -1.40. The van der Waals surface area contributed by atoms with Gasteiger partial charge in [-0.25, -0.2) is 0 Å². The molecular formula is C14H19NO8S. The van der Waals surface area contributed by atoms with Crippen molar-refractivity contribution in [2.75, 3.05) is 12.4 Å². The largest absolute Gasteiger partial charge is 0.427 e. The molecule has 9 nitrogen and oxygen atoms in total. The van der Waals surface area contributed by atoms with E-state index in [0.717, 1.165) is 0 Å². The smallest absolute Gasteiger partial charge is 0.312 e. The van der Waals surface area contributed by atoms with E-state index in [1.807, 2.05) is 0 Å². The number of nitrogens with one attached hydrogen (secondary N) is 1. The Morgan fingerprint density at radius 2 is 1.96 bits per heavy atom. The molecule has 10 heteroatoms. The van der Waals surface area contributed by atoms with Crippen molar-refractivity contribution < 1.29 is 37.1 Å². The Hall–Kier alpha value is -2.01. The average Bonchev–Trinajstić information content (AvgIpc) is 2.51. The van der Waals surface area contributed by atoms with Gasteiger partial charge in [0.2, 0.25) is 6.41 Å². The Kier molecular flexibility index (Phi) is 7.79. The highest BCUT2D eigenvalue weighted by Crippen LogP contribution is 2.21. The van der Waals surface area contributed by atoms with Gasteiger partial charge in [0, 0.05) is 6.61 Å². The van der Waals surface area contributed by atoms with Crippen LogP contribution in [0.4, 0.5) is 0 Å². The molecule has 2 atom stereocenters. The van der Waals surface area contributed by atoms with Crippen molar-refractivity contribution in [3.05, 3.63) is 29.8 Å². The minimum absolute atomic E-state index is 0.148. The molecule has 0 aliphatic carbocycles. The lowest BCUT2D eigenvalue weighted by Crippen LogP contribution is -2.33. The summed E-state index contributed by atoms with van der Waals surface area (Å²) in [6, 6.07) is 5.05. The number of carbonyl (C=O) groups excluding carboxylic acids is 2. The van der Waals surface area contributed by atoms with E-state index in [1.54, 1.807) is 6.92 Å². The number of benzene rings is 1. The Morgan fingerprint density at radius 3 is 2.46 bits per heavy atom. The third-order valence-corrected chi connectivity index (χ3v) is 3.63. The van der Waals surface area contributed by atoms with Crippen molar-refractivity contribution in [1.29, 1.82) is 0 Å². The third kappa shape index (κ3) is 7.04. The number of hydrogen-bond donors (Lipinski definition) is 3. The van der Waals surface area contributed by atoms with E-state index in [4.69, 9.17) is 14.0 Å². The third-order valence-electron chi connectivity index (χ3n) is 2.91. The normalized spacial score (nSPS) is 13.8. The number of hydrogen-bond acceptors (Lipinski definition) is 7. The number of carbonyl (C=O) groups is 2. The van der Waals surface area contributed by atoms with Crippen LogP contribution in [0.3, 0.4) is 0 Å². The first-order chi connectivity index (χ1) is 11.3. The van der Waals surface area contributed by atoms with E-state index in [-0.39, 0.29) is 12.4 Å². The molecule has 0 heterocycles. The Bertz CT molecular complexity index is 643. The topological polar surface area (TPSA) is 139 Å². The maximum absolute atomic E-state index is 11.5. The van der Waals surface area contributed by atoms with Crippen molar-refractivity contribution in [3.8, 4) is 5.75 Å². The standard InChI is InChI=1S/C14H19NO8S/c1-2-22-14(18)13(15-9-16)10-3-5-11(6-4-10)23-12(17)7-8-24(19,20)21/h3-6,9,13-14,18H,2,7-8H2,1H3,(H,15,16)(H,19,20,21). The predicted octanol–water partition coefficient (Wildman–Crippen LogP) is 0.0119. The highest BCUT2D eigenvalue weighted by atomic mass is 32.2. The minimum atomic E-state index is -4.23. The number of ether oxygens (including phenoxy) is 2. The Labute approximate surface area is 139 Å². The summed E-state index contributed by atoms with van der Waals surface area (Å²) in [5.41, 5.74) is 0.515. The molecule has 0 aliphatic rings. The molecule has 0 aromatic heterocycles. The summed E-state index contributed by atoms with van der Waals surface area (Å²) in [6.07, 6.45) is -1.31. The lowest BCUT2D eigenvalue weighted by molar-refractivity contribution is -0.134. The molecule has 2 unspecified atom stereocenters. The lowest BCUT2D eigenvalue weighted by Gasteiger charge is -2.22. The van der Waals surface area contributed by atoms with Gasteiger partial charge in [-0.15, -0.1) is 0 Å². The van der Waals surface area contributed by atoms with Crippen LogP contribution in [-0.4, -0.2) is 49.1 Å². The van der Waals surface area contributed by atoms with Crippen LogP contribution >= 0.6 is 0 Å². The van der Waals surface area contributed by atoms with E-state index in [0.29, 0.717) is 12.0 Å². The van der Waals surface area contributed by atoms with Gasteiger partial charge in [-0.05, 0) is 24.6 Å². The fraction of sp³-hybridized carbons (Fsp3) is 0.429. The Morgan fingerprint density at radius 1 is 1.33 bits per heavy atom. The molecule has 1 aromatic carbocycles. The fourth-order valence-electron chi connectivity index (χ4n) is 1.82. The van der Waals surface area contributed by atoms with Crippen LogP contribution in [-0.2, 0) is 24.4 Å². The first-order valence-corrected chi connectivity index (χ1v) is 8.63. The van der Waals surface area contributed by atoms with Crippen molar-refractivity contribution in [2.24, 2.45) is 0 Å². The van der Waals surface area contributed by atoms with Crippen LogP contribution in [0.25, 0.3) is 0 Å². The van der Waals surface area contributed by atoms with Gasteiger partial charge in [-0.1, -0.05) is 12.1 Å². The van der Waals surface area contributed by atoms with E-state index in [9.17, 15) is 23.1 Å². The van der Waals surface area contributed by atoms with Crippen molar-refractivity contribution in [3.63, 3.8) is 0 Å². The molecule has 24 heavy (non-hydrogen) atoms. The summed E-state index contributed by atoms with van der Waals surface area (Å²) in [7, 11) is -4.23. The number of aliphatic hydroxyl groups is 1. The van der Waals surface area contributed by atoms with Crippen LogP contribution in [0, 0.1) is 0 Å². The molecule has 0 fully saturated rings. The summed E-state index contributed by atoms with van der Waals surface area (Å²) in [6.45, 7) is 1.94. The molecule has 1 amide bonds. The molecule has 134 valence electrons. The van der Waals surface area contributed by atoms with Gasteiger partial charge in [0.25, 0.3) is 10.1 Å². The van der Waals surface area contributed by atoms with Crippen LogP contribution in [0.5, 0.6) is 5.75 Å². The molecule has 0 saturated carbocycles. The second kappa shape index (κ2) is 9.33. The molecule has 0 saturated heterocycles. The molecule has 0 spiro atoms. The first-order valence-electron chi connectivity index (χ1n) is 7.02. The molecule has 1 aromatic rings. The fourth-order valence-corrected chi connectivity index (χ4v) is 2.25. The van der Waals surface area contributed by atoms with Crippen LogP contribution in [0.15, 0.2) is 24.3 Å². The number of aliphatic hydroxyl groups excluding tert-OH is 1. The number of rotatable bonds is 10. The molecule has 0 bridgehead atoms. The SMILES string of the molecule is CCOC(O)C(NC=O)c1ccc(OC(=O)CCS(=O)(=O)O)cc1. The quantitative estimate of drug-likeness (QED) is 0.174. The summed E-state index contributed by atoms with van der Waals surface area (Å²) >= 11 is 0. The van der Waals surface area contributed by atoms with Gasteiger partial charge >= 0.3 is 5.97 Å². The van der Waals surface area contributed by atoms with E-state index in [1.165, 1.54) is 24.3 Å². The second-order valence-corrected chi connectivity index (χ2v) is 6.26. The Balaban J connectivity index is 2.72. The molecule has 0 aliphatic heterocycles. The van der Waals surface area contributed by atoms with Gasteiger partial charge in [-0.3, -0.25) is 14.1 Å². The van der Waals surface area contributed by atoms with Crippen LogP contribution in [0.1, 0.15) is 24.9 Å². The van der Waals surface area contributed by atoms with Crippen molar-refractivity contribution in [2.45, 2.75) is 25.7 Å². The van der Waals surface area contributed by atoms with Gasteiger partial charge in [0.05, 0.1) is 12.2 Å². The maximum atomic E-state index is 11.5. The highest BCUT2D eigenvalue weighted by Gasteiger charge is 2.21. The van der Waals surface area contributed by atoms with E-state index < -0.39 is 40.6 Å². The predicted molar refractivity (Wildman–Crippen MR) is 82.7 cm³/mol. The van der Waals surface area contributed by atoms with E-state index >= 15 is 0 Å². The first kappa shape index (κ1) is 20.0. The van der Waals surface area contributed by atoms with Gasteiger partial charge in [-0.2, -0.15) is 8.42 Å². The van der Waals surface area contributed by atoms with Crippen LogP contribution in [0.2, 0.25) is 0 Å². The minimum Gasteiger partial charge on any atom is -0.427 e. The van der Waals surface area contributed by atoms with Gasteiger partial charge in [0.15, 0.2) is 6.29 Å². The molecule has 0 radical (unpaired) electrons. The van der Waals surface area contributed by atoms with Crippen molar-refractivity contribution in [1.82, 2.24) is 5.32 Å². The van der Waals surface area contributed by atoms with Crippen molar-refractivity contribution >= 4 is 22.5 Å². The maximum Gasteiger partial charge on any atom is 0.312 e. The molecular weight excluding hydrogens is 342 g/mol. The number of esters is 1. The zero-order valence-corrected chi connectivity index (χ0v) is 13.7. The summed E-state index contributed by atoms with van der Waals surface area (Å²) in [4.78, 5) is 22.1. The zero-order valence-electron chi connectivity index (χ0n) is 12.9.